The Morgan fingerprint density at radius 3 is 2.60 bits per heavy atom. The monoisotopic (exact) mass is 600 g/mol. The minimum Gasteiger partial charge on any atom is -0.487 e. The van der Waals surface area contributed by atoms with Crippen LogP contribution in [0.15, 0.2) is 30.7 Å². The lowest BCUT2D eigenvalue weighted by molar-refractivity contribution is -0.145. The Morgan fingerprint density at radius 2 is 1.86 bits per heavy atom. The van der Waals surface area contributed by atoms with Gasteiger partial charge in [-0.2, -0.15) is 0 Å². The van der Waals surface area contributed by atoms with Crippen LogP contribution in [0.5, 0.6) is 11.5 Å². The van der Waals surface area contributed by atoms with E-state index in [4.69, 9.17) is 23.7 Å². The SMILES string of the molecule is CCOCCOc1ccc(Nc2ncnc3[nH]cc(CNCCCN(C)C(=O)OC(C)(C)C)c23)cc1OCC(=O)OCC. The number of carbonyl (C=O) groups excluding carboxylic acids is 2. The number of nitrogens with zero attached hydrogens (tertiary/aromatic N) is 3. The van der Waals surface area contributed by atoms with E-state index in [1.165, 1.54) is 6.33 Å². The molecule has 0 aliphatic heterocycles. The average Bonchev–Trinajstić information content (AvgIpc) is 3.38. The highest BCUT2D eigenvalue weighted by Crippen LogP contribution is 2.33. The molecule has 0 radical (unpaired) electrons. The fourth-order valence-corrected chi connectivity index (χ4v) is 4.01. The standard InChI is InChI=1S/C30H44N6O7/c1-7-39-14-15-41-23-11-10-22(16-24(23)42-19-25(37)40-8-2)35-28-26-21(18-32-27(26)33-20-34-28)17-31-12-9-13-36(6)29(38)43-30(3,4)5/h10-11,16,18,20,31H,7-9,12-15,17,19H2,1-6H3,(H2,32,33,34,35). The van der Waals surface area contributed by atoms with Crippen LogP contribution >= 0.6 is 0 Å². The molecule has 0 saturated heterocycles. The Labute approximate surface area is 252 Å². The second-order valence-corrected chi connectivity index (χ2v) is 10.6. The van der Waals surface area contributed by atoms with Gasteiger partial charge in [-0.05, 0) is 65.3 Å². The third-order valence-corrected chi connectivity index (χ3v) is 5.97. The molecule has 3 rings (SSSR count). The van der Waals surface area contributed by atoms with Gasteiger partial charge in [0, 0.05) is 44.7 Å². The van der Waals surface area contributed by atoms with Crippen LogP contribution in [0, 0.1) is 0 Å². The van der Waals surface area contributed by atoms with E-state index in [1.807, 2.05) is 40.0 Å². The maximum atomic E-state index is 12.2. The third-order valence-electron chi connectivity index (χ3n) is 5.97. The first-order chi connectivity index (χ1) is 20.6. The molecule has 236 valence electrons. The number of hydrogen-bond donors (Lipinski definition) is 3. The number of esters is 1. The lowest BCUT2D eigenvalue weighted by Gasteiger charge is -2.24. The predicted molar refractivity (Wildman–Crippen MR) is 163 cm³/mol. The number of ether oxygens (including phenoxy) is 5. The molecule has 43 heavy (non-hydrogen) atoms. The van der Waals surface area contributed by atoms with E-state index in [1.54, 1.807) is 31.0 Å². The van der Waals surface area contributed by atoms with Gasteiger partial charge >= 0.3 is 12.1 Å². The van der Waals surface area contributed by atoms with Crippen molar-refractivity contribution in [2.75, 3.05) is 58.5 Å². The molecule has 0 aliphatic rings. The maximum absolute atomic E-state index is 12.2. The van der Waals surface area contributed by atoms with Gasteiger partial charge in [-0.3, -0.25) is 0 Å². The number of anilines is 2. The van der Waals surface area contributed by atoms with Crippen molar-refractivity contribution in [2.45, 2.75) is 53.2 Å². The van der Waals surface area contributed by atoms with E-state index < -0.39 is 11.6 Å². The molecule has 0 fully saturated rings. The van der Waals surface area contributed by atoms with Gasteiger partial charge in [-0.1, -0.05) is 0 Å². The Bertz CT molecular complexity index is 1320. The topological polar surface area (TPSA) is 149 Å². The number of amides is 1. The minimum atomic E-state index is -0.524. The quantitative estimate of drug-likeness (QED) is 0.149. The van der Waals surface area contributed by atoms with Crippen LogP contribution in [0.4, 0.5) is 16.3 Å². The van der Waals surface area contributed by atoms with Crippen molar-refractivity contribution in [3.05, 3.63) is 36.3 Å². The summed E-state index contributed by atoms with van der Waals surface area (Å²) in [6.45, 7) is 12.4. The smallest absolute Gasteiger partial charge is 0.410 e. The molecular weight excluding hydrogens is 556 g/mol. The molecule has 0 saturated carbocycles. The summed E-state index contributed by atoms with van der Waals surface area (Å²) in [6.07, 6.45) is 3.80. The lowest BCUT2D eigenvalue weighted by Crippen LogP contribution is -2.35. The second kappa shape index (κ2) is 16.5. The molecule has 13 heteroatoms. The van der Waals surface area contributed by atoms with E-state index in [0.29, 0.717) is 68.1 Å². The lowest BCUT2D eigenvalue weighted by atomic mass is 10.2. The molecular formula is C30H44N6O7. The number of fused-ring (bicyclic) bond motifs is 1. The first kappa shape index (κ1) is 33.4. The largest absolute Gasteiger partial charge is 0.487 e. The first-order valence-corrected chi connectivity index (χ1v) is 14.5. The van der Waals surface area contributed by atoms with E-state index in [-0.39, 0.29) is 19.3 Å². The van der Waals surface area contributed by atoms with Crippen LogP contribution in [0.2, 0.25) is 0 Å². The molecule has 0 spiro atoms. The molecule has 0 unspecified atom stereocenters. The zero-order valence-electron chi connectivity index (χ0n) is 26.0. The van der Waals surface area contributed by atoms with Crippen LogP contribution < -0.4 is 20.1 Å². The number of benzene rings is 1. The minimum absolute atomic E-state index is 0.252. The van der Waals surface area contributed by atoms with Crippen molar-refractivity contribution >= 4 is 34.6 Å². The van der Waals surface area contributed by atoms with Gasteiger partial charge in [0.05, 0.1) is 18.6 Å². The summed E-state index contributed by atoms with van der Waals surface area (Å²) < 4.78 is 27.3. The van der Waals surface area contributed by atoms with E-state index in [2.05, 4.69) is 25.6 Å². The fraction of sp³-hybridized carbons (Fsp3) is 0.533. The van der Waals surface area contributed by atoms with Gasteiger partial charge in [0.15, 0.2) is 18.1 Å². The van der Waals surface area contributed by atoms with Crippen molar-refractivity contribution < 1.29 is 33.3 Å². The van der Waals surface area contributed by atoms with Crippen molar-refractivity contribution in [2.24, 2.45) is 0 Å². The maximum Gasteiger partial charge on any atom is 0.410 e. The number of nitrogens with one attached hydrogen (secondary N) is 3. The van der Waals surface area contributed by atoms with Crippen molar-refractivity contribution in [3.63, 3.8) is 0 Å². The summed E-state index contributed by atoms with van der Waals surface area (Å²) in [6, 6.07) is 5.35. The van der Waals surface area contributed by atoms with Gasteiger partial charge in [-0.15, -0.1) is 0 Å². The first-order valence-electron chi connectivity index (χ1n) is 14.5. The number of aromatic nitrogens is 3. The Kier molecular flexibility index (Phi) is 12.8. The molecule has 1 aromatic carbocycles. The highest BCUT2D eigenvalue weighted by molar-refractivity contribution is 5.92. The van der Waals surface area contributed by atoms with Gasteiger partial charge in [0.2, 0.25) is 0 Å². The summed E-state index contributed by atoms with van der Waals surface area (Å²) in [7, 11) is 1.73. The van der Waals surface area contributed by atoms with Crippen molar-refractivity contribution in [3.8, 4) is 11.5 Å². The molecule has 0 atom stereocenters. The molecule has 2 aromatic heterocycles. The Morgan fingerprint density at radius 1 is 1.05 bits per heavy atom. The second-order valence-electron chi connectivity index (χ2n) is 10.6. The summed E-state index contributed by atoms with van der Waals surface area (Å²) in [5.41, 5.74) is 1.83. The average molecular weight is 601 g/mol. The van der Waals surface area contributed by atoms with Crippen molar-refractivity contribution in [1.82, 2.24) is 25.2 Å². The molecule has 0 aliphatic carbocycles. The van der Waals surface area contributed by atoms with Crippen molar-refractivity contribution in [1.29, 1.82) is 0 Å². The summed E-state index contributed by atoms with van der Waals surface area (Å²) in [5.74, 6) is 0.993. The van der Waals surface area contributed by atoms with Crippen LogP contribution in [0.3, 0.4) is 0 Å². The van der Waals surface area contributed by atoms with Gasteiger partial charge in [0.1, 0.15) is 30.0 Å². The van der Waals surface area contributed by atoms with Crippen LogP contribution in [-0.4, -0.2) is 90.7 Å². The number of H-pyrrole nitrogens is 1. The van der Waals surface area contributed by atoms with Gasteiger partial charge in [-0.25, -0.2) is 19.6 Å². The van der Waals surface area contributed by atoms with E-state index in [0.717, 1.165) is 17.4 Å². The predicted octanol–water partition coefficient (Wildman–Crippen LogP) is 4.41. The highest BCUT2D eigenvalue weighted by Gasteiger charge is 2.19. The third kappa shape index (κ3) is 10.9. The number of aromatic amines is 1. The van der Waals surface area contributed by atoms with Crippen LogP contribution in [0.1, 0.15) is 46.6 Å². The van der Waals surface area contributed by atoms with Gasteiger partial charge in [0.25, 0.3) is 0 Å². The highest BCUT2D eigenvalue weighted by atomic mass is 16.6. The summed E-state index contributed by atoms with van der Waals surface area (Å²) >= 11 is 0. The van der Waals surface area contributed by atoms with Gasteiger partial charge < -0.3 is 44.2 Å². The number of carbonyl (C=O) groups is 2. The molecule has 13 nitrogen and oxygen atoms in total. The Balaban J connectivity index is 1.66. The molecule has 0 bridgehead atoms. The fourth-order valence-electron chi connectivity index (χ4n) is 4.01. The zero-order chi connectivity index (χ0) is 31.2. The van der Waals surface area contributed by atoms with Crippen LogP contribution in [-0.2, 0) is 25.5 Å². The molecule has 3 N–H and O–H groups in total. The Hall–Kier alpha value is -4.10. The summed E-state index contributed by atoms with van der Waals surface area (Å²) in [5, 5.41) is 7.61. The zero-order valence-corrected chi connectivity index (χ0v) is 26.0. The normalized spacial score (nSPS) is 11.3. The molecule has 1 amide bonds. The van der Waals surface area contributed by atoms with Crippen LogP contribution in [0.25, 0.3) is 11.0 Å². The summed E-state index contributed by atoms with van der Waals surface area (Å²) in [4.78, 5) is 37.7. The number of hydrogen-bond acceptors (Lipinski definition) is 11. The number of rotatable bonds is 17. The van der Waals surface area contributed by atoms with E-state index in [9.17, 15) is 9.59 Å². The molecule has 2 heterocycles. The molecule has 3 aromatic rings. The van der Waals surface area contributed by atoms with E-state index >= 15 is 0 Å².